The number of nitrogens with zero attached hydrogens (tertiary/aromatic N) is 1. The summed E-state index contributed by atoms with van der Waals surface area (Å²) in [5, 5.41) is 4.15. The van der Waals surface area contributed by atoms with Crippen molar-refractivity contribution in [3.05, 3.63) is 59.3 Å². The van der Waals surface area contributed by atoms with Crippen LogP contribution in [0, 0.1) is 5.92 Å². The van der Waals surface area contributed by atoms with Crippen molar-refractivity contribution in [1.29, 1.82) is 0 Å². The fourth-order valence-electron chi connectivity index (χ4n) is 5.21. The topological polar surface area (TPSA) is 66.6 Å². The van der Waals surface area contributed by atoms with Crippen molar-refractivity contribution in [3.8, 4) is 11.5 Å². The Balaban J connectivity index is 1.12. The number of piperidine rings is 1. The van der Waals surface area contributed by atoms with Gasteiger partial charge in [0.2, 0.25) is 0 Å². The number of carbonyl (C=O) groups is 1. The molecule has 0 unspecified atom stereocenters. The van der Waals surface area contributed by atoms with E-state index >= 15 is 0 Å². The number of nitrogens with one attached hydrogen (secondary N) is 2. The molecule has 3 aromatic rings. The van der Waals surface area contributed by atoms with Crippen molar-refractivity contribution in [2.75, 3.05) is 26.2 Å². The van der Waals surface area contributed by atoms with Crippen LogP contribution in [0.4, 0.5) is 0 Å². The molecule has 3 heterocycles. The number of benzene rings is 2. The van der Waals surface area contributed by atoms with E-state index in [2.05, 4.69) is 47.2 Å². The van der Waals surface area contributed by atoms with E-state index in [4.69, 9.17) is 9.47 Å². The van der Waals surface area contributed by atoms with Gasteiger partial charge in [0.1, 0.15) is 22.8 Å². The molecule has 1 aromatic heterocycles. The summed E-state index contributed by atoms with van der Waals surface area (Å²) in [6.07, 6.45) is 3.15. The number of amides is 1. The minimum atomic E-state index is -0.111. The van der Waals surface area contributed by atoms with Gasteiger partial charge in [-0.05, 0) is 76.4 Å². The summed E-state index contributed by atoms with van der Waals surface area (Å²) in [6, 6.07) is 14.3. The van der Waals surface area contributed by atoms with Gasteiger partial charge in [0.05, 0.1) is 6.61 Å². The third kappa shape index (κ3) is 4.92. The minimum absolute atomic E-state index is 0.0452. The van der Waals surface area contributed by atoms with Crippen LogP contribution in [0.5, 0.6) is 11.5 Å². The maximum absolute atomic E-state index is 12.7. The van der Waals surface area contributed by atoms with Crippen molar-refractivity contribution in [3.63, 3.8) is 0 Å². The number of ether oxygens (including phenoxy) is 2. The number of aromatic nitrogens is 1. The second-order valence-corrected chi connectivity index (χ2v) is 10.2. The third-order valence-electron chi connectivity index (χ3n) is 6.97. The Morgan fingerprint density at radius 1 is 1.21 bits per heavy atom. The Morgan fingerprint density at radius 3 is 2.82 bits per heavy atom. The number of fused-ring (bicyclic) bond motifs is 2. The van der Waals surface area contributed by atoms with E-state index in [-0.39, 0.29) is 11.5 Å². The maximum Gasteiger partial charge on any atom is 0.267 e. The van der Waals surface area contributed by atoms with E-state index in [0.717, 1.165) is 61.3 Å². The fourth-order valence-corrected chi connectivity index (χ4v) is 5.21. The van der Waals surface area contributed by atoms with Gasteiger partial charge >= 0.3 is 0 Å². The van der Waals surface area contributed by atoms with E-state index in [1.165, 1.54) is 11.1 Å². The van der Waals surface area contributed by atoms with Gasteiger partial charge in [0, 0.05) is 42.0 Å². The molecule has 34 heavy (non-hydrogen) atoms. The molecule has 6 heteroatoms. The van der Waals surface area contributed by atoms with Crippen LogP contribution in [0.1, 0.15) is 55.2 Å². The molecule has 0 aliphatic carbocycles. The number of rotatable bonds is 7. The fraction of sp³-hybridized carbons (Fsp3) is 0.464. The molecule has 180 valence electrons. The van der Waals surface area contributed by atoms with E-state index in [0.29, 0.717) is 24.8 Å². The first-order valence-electron chi connectivity index (χ1n) is 12.5. The number of carbonyl (C=O) groups excluding carboxylic acids is 1. The summed E-state index contributed by atoms with van der Waals surface area (Å²) in [7, 11) is 0. The van der Waals surface area contributed by atoms with Crippen molar-refractivity contribution in [2.45, 2.75) is 52.2 Å². The maximum atomic E-state index is 12.7. The summed E-state index contributed by atoms with van der Waals surface area (Å²) in [6.45, 7) is 10.6. The Hall–Kier alpha value is -2.99. The molecular weight excluding hydrogens is 426 g/mol. The Labute approximate surface area is 201 Å². The first-order chi connectivity index (χ1) is 16.4. The van der Waals surface area contributed by atoms with Crippen molar-refractivity contribution in [2.24, 2.45) is 5.92 Å². The van der Waals surface area contributed by atoms with Gasteiger partial charge in [-0.2, -0.15) is 0 Å². The summed E-state index contributed by atoms with van der Waals surface area (Å²) >= 11 is 0. The van der Waals surface area contributed by atoms with Crippen LogP contribution in [-0.2, 0) is 13.0 Å². The first-order valence-corrected chi connectivity index (χ1v) is 12.5. The molecule has 0 radical (unpaired) electrons. The normalized spacial score (nSPS) is 18.0. The zero-order valence-electron chi connectivity index (χ0n) is 20.4. The van der Waals surface area contributed by atoms with Gasteiger partial charge in [-0.25, -0.2) is 0 Å². The van der Waals surface area contributed by atoms with E-state index in [9.17, 15) is 4.79 Å². The van der Waals surface area contributed by atoms with E-state index < -0.39 is 0 Å². The average molecular weight is 462 g/mol. The standard InChI is InChI=1S/C28H35N3O3/c1-4-33-23-9-8-20-14-25(30-24(20)15-23)27(32)29-17-19-10-12-31(13-11-19)18-22-7-5-6-21-16-28(2,3)34-26(21)22/h5-9,14-15,19,30H,4,10-13,16-18H2,1-3H3,(H,29,32). The minimum Gasteiger partial charge on any atom is -0.494 e. The molecule has 2 aliphatic rings. The van der Waals surface area contributed by atoms with Crippen LogP contribution < -0.4 is 14.8 Å². The quantitative estimate of drug-likeness (QED) is 0.524. The highest BCUT2D eigenvalue weighted by Crippen LogP contribution is 2.38. The van der Waals surface area contributed by atoms with Crippen LogP contribution in [0.2, 0.25) is 0 Å². The highest BCUT2D eigenvalue weighted by molar-refractivity contribution is 5.98. The summed E-state index contributed by atoms with van der Waals surface area (Å²) in [5.41, 5.74) is 4.03. The van der Waals surface area contributed by atoms with E-state index in [1.807, 2.05) is 31.2 Å². The van der Waals surface area contributed by atoms with Crippen molar-refractivity contribution >= 4 is 16.8 Å². The highest BCUT2D eigenvalue weighted by atomic mass is 16.5. The smallest absolute Gasteiger partial charge is 0.267 e. The number of para-hydroxylation sites is 1. The molecule has 1 saturated heterocycles. The average Bonchev–Trinajstić information content (AvgIpc) is 3.38. The molecule has 0 bridgehead atoms. The van der Waals surface area contributed by atoms with Crippen LogP contribution in [0.3, 0.4) is 0 Å². The van der Waals surface area contributed by atoms with Gasteiger partial charge in [0.15, 0.2) is 0 Å². The summed E-state index contributed by atoms with van der Waals surface area (Å²) < 4.78 is 11.8. The highest BCUT2D eigenvalue weighted by Gasteiger charge is 2.32. The van der Waals surface area contributed by atoms with Gasteiger partial charge in [0.25, 0.3) is 5.91 Å². The second kappa shape index (κ2) is 9.34. The number of likely N-dealkylation sites (tertiary alicyclic amines) is 1. The molecule has 0 saturated carbocycles. The molecule has 1 amide bonds. The lowest BCUT2D eigenvalue weighted by atomic mass is 9.96. The molecule has 0 atom stereocenters. The summed E-state index contributed by atoms with van der Waals surface area (Å²) in [5.74, 6) is 2.36. The monoisotopic (exact) mass is 461 g/mol. The lowest BCUT2D eigenvalue weighted by molar-refractivity contribution is 0.0930. The Kier molecular flexibility index (Phi) is 6.26. The number of aromatic amines is 1. The third-order valence-corrected chi connectivity index (χ3v) is 6.97. The Bertz CT molecular complexity index is 1170. The second-order valence-electron chi connectivity index (χ2n) is 10.2. The molecule has 2 aromatic carbocycles. The largest absolute Gasteiger partial charge is 0.494 e. The molecule has 5 rings (SSSR count). The number of H-pyrrole nitrogens is 1. The molecule has 6 nitrogen and oxygen atoms in total. The van der Waals surface area contributed by atoms with Crippen LogP contribution in [0.15, 0.2) is 42.5 Å². The van der Waals surface area contributed by atoms with Crippen molar-refractivity contribution < 1.29 is 14.3 Å². The molecule has 2 N–H and O–H groups in total. The predicted molar refractivity (Wildman–Crippen MR) is 135 cm³/mol. The lowest BCUT2D eigenvalue weighted by Gasteiger charge is -2.32. The Morgan fingerprint density at radius 2 is 2.03 bits per heavy atom. The predicted octanol–water partition coefficient (Wildman–Crippen LogP) is 4.92. The molecule has 2 aliphatic heterocycles. The van der Waals surface area contributed by atoms with Crippen LogP contribution in [0.25, 0.3) is 10.9 Å². The van der Waals surface area contributed by atoms with Gasteiger partial charge in [-0.3, -0.25) is 9.69 Å². The van der Waals surface area contributed by atoms with Gasteiger partial charge < -0.3 is 19.8 Å². The van der Waals surface area contributed by atoms with Crippen molar-refractivity contribution in [1.82, 2.24) is 15.2 Å². The zero-order valence-corrected chi connectivity index (χ0v) is 20.4. The SMILES string of the molecule is CCOc1ccc2cc(C(=O)NCC3CCN(Cc4cccc5c4OC(C)(C)C5)CC3)[nH]c2c1. The van der Waals surface area contributed by atoms with Crippen LogP contribution in [-0.4, -0.2) is 47.6 Å². The lowest BCUT2D eigenvalue weighted by Crippen LogP contribution is -2.38. The number of hydrogen-bond acceptors (Lipinski definition) is 4. The van der Waals surface area contributed by atoms with Crippen LogP contribution >= 0.6 is 0 Å². The van der Waals surface area contributed by atoms with Gasteiger partial charge in [-0.1, -0.05) is 18.2 Å². The molecular formula is C28H35N3O3. The first kappa shape index (κ1) is 22.8. The number of hydrogen-bond donors (Lipinski definition) is 2. The molecule has 1 fully saturated rings. The zero-order chi connectivity index (χ0) is 23.7. The van der Waals surface area contributed by atoms with Gasteiger partial charge in [-0.15, -0.1) is 0 Å². The van der Waals surface area contributed by atoms with E-state index in [1.54, 1.807) is 0 Å². The molecule has 0 spiro atoms. The summed E-state index contributed by atoms with van der Waals surface area (Å²) in [4.78, 5) is 18.5.